The van der Waals surface area contributed by atoms with Crippen LogP contribution in [0.2, 0.25) is 0 Å². The summed E-state index contributed by atoms with van der Waals surface area (Å²) in [5.41, 5.74) is 7.51. The Bertz CT molecular complexity index is 1050. The van der Waals surface area contributed by atoms with Crippen molar-refractivity contribution in [2.75, 3.05) is 6.61 Å². The Morgan fingerprint density at radius 1 is 0.808 bits per heavy atom. The number of benzene rings is 2. The van der Waals surface area contributed by atoms with Crippen LogP contribution in [0.15, 0.2) is 54.7 Å². The fourth-order valence-electron chi connectivity index (χ4n) is 2.98. The molecule has 2 aromatic carbocycles. The highest BCUT2D eigenvalue weighted by Gasteiger charge is 2.16. The first kappa shape index (κ1) is 16.4. The summed E-state index contributed by atoms with van der Waals surface area (Å²) in [6.07, 6.45) is 1.70. The van der Waals surface area contributed by atoms with Crippen molar-refractivity contribution < 1.29 is 5.11 Å². The molecule has 26 heavy (non-hydrogen) atoms. The molecule has 130 valence electrons. The Balaban J connectivity index is 1.97. The molecule has 4 aromatic rings. The van der Waals surface area contributed by atoms with E-state index in [9.17, 15) is 5.11 Å². The number of hydrogen-bond acceptors (Lipinski definition) is 4. The number of rotatable bonds is 4. The molecule has 0 aliphatic heterocycles. The Kier molecular flexibility index (Phi) is 4.22. The topological polar surface area (TPSA) is 63.8 Å². The minimum atomic E-state index is 0.0119. The van der Waals surface area contributed by atoms with Crippen LogP contribution in [0.25, 0.3) is 33.7 Å². The molecule has 0 bridgehead atoms. The summed E-state index contributed by atoms with van der Waals surface area (Å²) in [6, 6.07) is 16.6. The van der Waals surface area contributed by atoms with Gasteiger partial charge in [-0.05, 0) is 13.8 Å². The molecule has 0 atom stereocenters. The van der Waals surface area contributed by atoms with Gasteiger partial charge in [0.05, 0.1) is 30.7 Å². The van der Waals surface area contributed by atoms with Crippen LogP contribution in [0.4, 0.5) is 0 Å². The third-order valence-corrected chi connectivity index (χ3v) is 4.43. The number of aryl methyl sites for hydroxylation is 2. The predicted molar refractivity (Wildman–Crippen MR) is 103 cm³/mol. The second-order valence-corrected chi connectivity index (χ2v) is 6.45. The monoisotopic (exact) mass is 344 g/mol. The Hall–Kier alpha value is -3.05. The molecule has 1 N–H and O–H groups in total. The van der Waals surface area contributed by atoms with Gasteiger partial charge in [-0.2, -0.15) is 5.10 Å². The molecule has 0 spiro atoms. The van der Waals surface area contributed by atoms with Gasteiger partial charge in [0.15, 0.2) is 5.65 Å². The van der Waals surface area contributed by atoms with Crippen LogP contribution < -0.4 is 0 Å². The van der Waals surface area contributed by atoms with Gasteiger partial charge in [0.1, 0.15) is 5.52 Å². The summed E-state index contributed by atoms with van der Waals surface area (Å²) in [5, 5.41) is 13.6. The quantitative estimate of drug-likeness (QED) is 0.612. The average Bonchev–Trinajstić information content (AvgIpc) is 3.04. The molecule has 2 heterocycles. The van der Waals surface area contributed by atoms with Gasteiger partial charge in [-0.25, -0.2) is 14.6 Å². The molecule has 0 saturated heterocycles. The molecular formula is C21H20N4O. The van der Waals surface area contributed by atoms with Gasteiger partial charge in [-0.1, -0.05) is 59.7 Å². The first-order valence-corrected chi connectivity index (χ1v) is 8.64. The molecule has 0 radical (unpaired) electrons. The standard InChI is InChI=1S/C21H20N4O/c1-14-3-7-16(8-4-14)19-20(17-9-5-15(2)6-10-17)24-21-18(23-19)13-22-25(21)11-12-26/h3-10,13,26H,11-12H2,1-2H3. The van der Waals surface area contributed by atoms with E-state index in [2.05, 4.69) is 67.5 Å². The van der Waals surface area contributed by atoms with Gasteiger partial charge < -0.3 is 5.11 Å². The van der Waals surface area contributed by atoms with E-state index in [0.717, 1.165) is 28.0 Å². The number of aliphatic hydroxyl groups excluding tert-OH is 1. The van der Waals surface area contributed by atoms with E-state index >= 15 is 0 Å². The summed E-state index contributed by atoms with van der Waals surface area (Å²) in [5.74, 6) is 0. The van der Waals surface area contributed by atoms with E-state index in [4.69, 9.17) is 9.97 Å². The predicted octanol–water partition coefficient (Wildman–Crippen LogP) is 3.77. The number of aliphatic hydroxyl groups is 1. The van der Waals surface area contributed by atoms with E-state index in [1.54, 1.807) is 10.9 Å². The zero-order valence-corrected chi connectivity index (χ0v) is 14.8. The summed E-state index contributed by atoms with van der Waals surface area (Å²) in [6.45, 7) is 4.54. The van der Waals surface area contributed by atoms with Gasteiger partial charge in [0.25, 0.3) is 0 Å². The van der Waals surface area contributed by atoms with E-state index in [-0.39, 0.29) is 6.61 Å². The van der Waals surface area contributed by atoms with Crippen molar-refractivity contribution in [1.29, 1.82) is 0 Å². The number of aromatic nitrogens is 4. The first-order valence-electron chi connectivity index (χ1n) is 8.64. The maximum Gasteiger partial charge on any atom is 0.177 e. The van der Waals surface area contributed by atoms with Gasteiger partial charge in [0, 0.05) is 11.1 Å². The smallest absolute Gasteiger partial charge is 0.177 e. The highest BCUT2D eigenvalue weighted by atomic mass is 16.3. The van der Waals surface area contributed by atoms with E-state index in [0.29, 0.717) is 12.2 Å². The van der Waals surface area contributed by atoms with Crippen LogP contribution in [-0.4, -0.2) is 31.5 Å². The van der Waals surface area contributed by atoms with Crippen molar-refractivity contribution in [2.24, 2.45) is 0 Å². The zero-order valence-electron chi connectivity index (χ0n) is 14.8. The van der Waals surface area contributed by atoms with Gasteiger partial charge >= 0.3 is 0 Å². The van der Waals surface area contributed by atoms with Gasteiger partial charge in [-0.15, -0.1) is 0 Å². The van der Waals surface area contributed by atoms with Crippen molar-refractivity contribution in [1.82, 2.24) is 19.7 Å². The summed E-state index contributed by atoms with van der Waals surface area (Å²) < 4.78 is 1.69. The zero-order chi connectivity index (χ0) is 18.1. The highest BCUT2D eigenvalue weighted by molar-refractivity contribution is 5.84. The molecule has 2 aromatic heterocycles. The van der Waals surface area contributed by atoms with Crippen molar-refractivity contribution in [3.63, 3.8) is 0 Å². The summed E-state index contributed by atoms with van der Waals surface area (Å²) in [4.78, 5) is 9.73. The van der Waals surface area contributed by atoms with Crippen LogP contribution in [0, 0.1) is 13.8 Å². The van der Waals surface area contributed by atoms with Crippen LogP contribution in [0.1, 0.15) is 11.1 Å². The molecule has 5 nitrogen and oxygen atoms in total. The Labute approximate surface area is 152 Å². The number of hydrogen-bond donors (Lipinski definition) is 1. The van der Waals surface area contributed by atoms with Crippen molar-refractivity contribution in [2.45, 2.75) is 20.4 Å². The minimum absolute atomic E-state index is 0.0119. The molecule has 0 fully saturated rings. The lowest BCUT2D eigenvalue weighted by Crippen LogP contribution is -2.05. The van der Waals surface area contributed by atoms with Crippen LogP contribution in [0.5, 0.6) is 0 Å². The van der Waals surface area contributed by atoms with Crippen LogP contribution in [0.3, 0.4) is 0 Å². The normalized spacial score (nSPS) is 11.2. The lowest BCUT2D eigenvalue weighted by atomic mass is 10.0. The van der Waals surface area contributed by atoms with Crippen molar-refractivity contribution >= 4 is 11.2 Å². The van der Waals surface area contributed by atoms with Crippen LogP contribution in [-0.2, 0) is 6.54 Å². The molecule has 0 amide bonds. The van der Waals surface area contributed by atoms with Crippen LogP contribution >= 0.6 is 0 Å². The van der Waals surface area contributed by atoms with Gasteiger partial charge in [-0.3, -0.25) is 0 Å². The maximum absolute atomic E-state index is 9.26. The van der Waals surface area contributed by atoms with E-state index in [1.807, 2.05) is 0 Å². The molecule has 4 rings (SSSR count). The Morgan fingerprint density at radius 2 is 1.35 bits per heavy atom. The fourth-order valence-corrected chi connectivity index (χ4v) is 2.98. The van der Waals surface area contributed by atoms with E-state index in [1.165, 1.54) is 11.1 Å². The lowest BCUT2D eigenvalue weighted by molar-refractivity contribution is 0.271. The van der Waals surface area contributed by atoms with Crippen molar-refractivity contribution in [3.05, 3.63) is 65.9 Å². The SMILES string of the molecule is Cc1ccc(-c2nc3cnn(CCO)c3nc2-c2ccc(C)cc2)cc1. The number of fused-ring (bicyclic) bond motifs is 1. The van der Waals surface area contributed by atoms with Crippen molar-refractivity contribution in [3.8, 4) is 22.5 Å². The minimum Gasteiger partial charge on any atom is -0.394 e. The third-order valence-electron chi connectivity index (χ3n) is 4.43. The summed E-state index contributed by atoms with van der Waals surface area (Å²) in [7, 11) is 0. The molecule has 0 aliphatic carbocycles. The fraction of sp³-hybridized carbons (Fsp3) is 0.190. The Morgan fingerprint density at radius 3 is 1.88 bits per heavy atom. The second-order valence-electron chi connectivity index (χ2n) is 6.45. The lowest BCUT2D eigenvalue weighted by Gasteiger charge is -2.10. The molecular weight excluding hydrogens is 324 g/mol. The maximum atomic E-state index is 9.26. The highest BCUT2D eigenvalue weighted by Crippen LogP contribution is 2.31. The molecule has 5 heteroatoms. The third kappa shape index (κ3) is 2.97. The molecule has 0 saturated carbocycles. The molecule has 0 aliphatic rings. The first-order chi connectivity index (χ1) is 12.7. The largest absolute Gasteiger partial charge is 0.394 e. The second kappa shape index (κ2) is 6.69. The number of nitrogens with zero attached hydrogens (tertiary/aromatic N) is 4. The summed E-state index contributed by atoms with van der Waals surface area (Å²) >= 11 is 0. The average molecular weight is 344 g/mol. The molecule has 0 unspecified atom stereocenters. The van der Waals surface area contributed by atoms with E-state index < -0.39 is 0 Å². The van der Waals surface area contributed by atoms with Gasteiger partial charge in [0.2, 0.25) is 0 Å².